The normalized spacial score (nSPS) is 12.9. The van der Waals surface area contributed by atoms with Gasteiger partial charge in [-0.1, -0.05) is 48.5 Å². The lowest BCUT2D eigenvalue weighted by atomic mass is 10.1. The molecular weight excluding hydrogens is 454 g/mol. The number of aryl methyl sites for hydroxylation is 1. The Labute approximate surface area is 199 Å². The van der Waals surface area contributed by atoms with Crippen LogP contribution < -0.4 is 21.3 Å². The summed E-state index contributed by atoms with van der Waals surface area (Å²) < 4.78 is 8.12. The minimum atomic E-state index is -1.12. The van der Waals surface area contributed by atoms with Crippen LogP contribution in [0.15, 0.2) is 70.3 Å². The van der Waals surface area contributed by atoms with E-state index in [-0.39, 0.29) is 36.7 Å². The third kappa shape index (κ3) is 5.41. The Hall–Kier alpha value is -4.38. The number of hydrogen-bond acceptors (Lipinski definition) is 7. The minimum absolute atomic E-state index is 0.0252. The van der Waals surface area contributed by atoms with Crippen molar-refractivity contribution in [2.75, 3.05) is 11.9 Å². The Kier molecular flexibility index (Phi) is 6.97. The fraction of sp³-hybridized carbons (Fsp3) is 0.250. The smallest absolute Gasteiger partial charge is 0.329 e. The van der Waals surface area contributed by atoms with E-state index in [0.29, 0.717) is 5.75 Å². The second-order valence-corrected chi connectivity index (χ2v) is 8.04. The second kappa shape index (κ2) is 10.3. The highest BCUT2D eigenvalue weighted by atomic mass is 16.5. The van der Waals surface area contributed by atoms with Crippen molar-refractivity contribution in [1.82, 2.24) is 19.1 Å². The molecule has 4 N–H and O–H groups in total. The van der Waals surface area contributed by atoms with E-state index in [1.807, 2.05) is 24.3 Å². The molecule has 4 aromatic rings. The van der Waals surface area contributed by atoms with Crippen LogP contribution >= 0.6 is 0 Å². The highest BCUT2D eigenvalue weighted by Crippen LogP contribution is 2.19. The molecular formula is C24H25N5O6. The summed E-state index contributed by atoms with van der Waals surface area (Å²) in [5, 5.41) is 23.3. The Morgan fingerprint density at radius 2 is 1.77 bits per heavy atom. The average Bonchev–Trinajstić information content (AvgIpc) is 3.20. The van der Waals surface area contributed by atoms with Gasteiger partial charge in [-0.05, 0) is 17.7 Å². The molecule has 0 spiro atoms. The highest BCUT2D eigenvalue weighted by Gasteiger charge is 2.25. The van der Waals surface area contributed by atoms with E-state index in [2.05, 4.69) is 15.3 Å². The minimum Gasteiger partial charge on any atom is -0.491 e. The van der Waals surface area contributed by atoms with Crippen LogP contribution in [0.3, 0.4) is 0 Å². The van der Waals surface area contributed by atoms with Gasteiger partial charge >= 0.3 is 11.7 Å². The molecule has 0 aliphatic rings. The molecule has 2 aromatic carbocycles. The van der Waals surface area contributed by atoms with E-state index in [4.69, 9.17) is 4.74 Å². The van der Waals surface area contributed by atoms with Crippen LogP contribution in [-0.4, -0.2) is 54.0 Å². The molecule has 0 aliphatic carbocycles. The van der Waals surface area contributed by atoms with Gasteiger partial charge in [-0.3, -0.25) is 14.3 Å². The topological polar surface area (TPSA) is 151 Å². The SMILES string of the molecule is Cn1c(=O)[nH]c(=O)c2c1nc(N[C@@H](Cc1ccccc1)C(=O)O)n2C[C@H](O)COc1ccccc1. The fourth-order valence-corrected chi connectivity index (χ4v) is 3.70. The van der Waals surface area contributed by atoms with Crippen molar-refractivity contribution in [3.8, 4) is 5.75 Å². The number of benzene rings is 2. The standard InChI is InChI=1S/C24H25N5O6/c1-28-20-19(21(31)27-24(28)34)29(13-16(30)14-35-17-10-6-3-7-11-17)23(26-20)25-18(22(32)33)12-15-8-4-2-5-9-15/h2-11,16,18,30H,12-14H2,1H3,(H,25,26)(H,32,33)(H,27,31,34)/t16-,18-/m0/s1. The predicted molar refractivity (Wildman–Crippen MR) is 129 cm³/mol. The lowest BCUT2D eigenvalue weighted by molar-refractivity contribution is -0.137. The summed E-state index contributed by atoms with van der Waals surface area (Å²) >= 11 is 0. The first-order valence-electron chi connectivity index (χ1n) is 10.9. The lowest BCUT2D eigenvalue weighted by Crippen LogP contribution is -2.34. The third-order valence-corrected chi connectivity index (χ3v) is 5.47. The maximum Gasteiger partial charge on any atom is 0.329 e. The van der Waals surface area contributed by atoms with E-state index in [0.717, 1.165) is 10.1 Å². The van der Waals surface area contributed by atoms with E-state index in [9.17, 15) is 24.6 Å². The number of H-pyrrole nitrogens is 1. The molecule has 35 heavy (non-hydrogen) atoms. The zero-order chi connectivity index (χ0) is 24.9. The molecule has 11 heteroatoms. The molecule has 0 radical (unpaired) electrons. The van der Waals surface area contributed by atoms with Crippen LogP contribution in [0.4, 0.5) is 5.95 Å². The molecule has 0 unspecified atom stereocenters. The largest absolute Gasteiger partial charge is 0.491 e. The van der Waals surface area contributed by atoms with E-state index >= 15 is 0 Å². The van der Waals surface area contributed by atoms with Gasteiger partial charge in [0.05, 0.1) is 6.54 Å². The van der Waals surface area contributed by atoms with Crippen molar-refractivity contribution in [1.29, 1.82) is 0 Å². The first-order chi connectivity index (χ1) is 16.8. The van der Waals surface area contributed by atoms with Crippen molar-refractivity contribution in [2.45, 2.75) is 25.1 Å². The Morgan fingerprint density at radius 1 is 1.11 bits per heavy atom. The van der Waals surface area contributed by atoms with Crippen LogP contribution in [-0.2, 0) is 24.8 Å². The number of aliphatic carboxylic acids is 1. The van der Waals surface area contributed by atoms with Gasteiger partial charge in [0.25, 0.3) is 5.56 Å². The van der Waals surface area contributed by atoms with Gasteiger partial charge in [-0.15, -0.1) is 0 Å². The summed E-state index contributed by atoms with van der Waals surface area (Å²) in [6.45, 7) is -0.218. The monoisotopic (exact) mass is 479 g/mol. The van der Waals surface area contributed by atoms with Gasteiger partial charge in [-0.25, -0.2) is 9.59 Å². The predicted octanol–water partition coefficient (Wildman–Crippen LogP) is 0.971. The van der Waals surface area contributed by atoms with E-state index in [1.54, 1.807) is 36.4 Å². The number of aliphatic hydroxyl groups is 1. The number of aromatic nitrogens is 4. The van der Waals surface area contributed by atoms with Gasteiger partial charge in [-0.2, -0.15) is 4.98 Å². The summed E-state index contributed by atoms with van der Waals surface area (Å²) in [6.07, 6.45) is -0.920. The summed E-state index contributed by atoms with van der Waals surface area (Å²) in [5.41, 5.74) is -0.490. The number of nitrogens with zero attached hydrogens (tertiary/aromatic N) is 3. The number of nitrogens with one attached hydrogen (secondary N) is 2. The molecule has 4 rings (SSSR count). The second-order valence-electron chi connectivity index (χ2n) is 8.04. The number of aromatic amines is 1. The number of anilines is 1. The van der Waals surface area contributed by atoms with Gasteiger partial charge < -0.3 is 24.8 Å². The molecule has 0 amide bonds. The number of rotatable bonds is 10. The molecule has 182 valence electrons. The van der Waals surface area contributed by atoms with E-state index < -0.39 is 29.4 Å². The number of para-hydroxylation sites is 1. The number of carboxylic acids is 1. The first kappa shape index (κ1) is 23.8. The Morgan fingerprint density at radius 3 is 2.43 bits per heavy atom. The number of imidazole rings is 1. The summed E-state index contributed by atoms with van der Waals surface area (Å²) in [4.78, 5) is 43.3. The van der Waals surface area contributed by atoms with Gasteiger partial charge in [0.2, 0.25) is 5.95 Å². The molecule has 2 heterocycles. The van der Waals surface area contributed by atoms with Crippen molar-refractivity contribution in [2.24, 2.45) is 7.05 Å². The highest BCUT2D eigenvalue weighted by molar-refractivity contribution is 5.79. The van der Waals surface area contributed by atoms with E-state index in [1.165, 1.54) is 11.6 Å². The Balaban J connectivity index is 1.67. The molecule has 0 fully saturated rings. The van der Waals surface area contributed by atoms with Crippen molar-refractivity contribution < 1.29 is 19.7 Å². The van der Waals surface area contributed by atoms with Gasteiger partial charge in [0, 0.05) is 13.5 Å². The van der Waals surface area contributed by atoms with Crippen LogP contribution in [0.25, 0.3) is 11.2 Å². The molecule has 0 bridgehead atoms. The lowest BCUT2D eigenvalue weighted by Gasteiger charge is -2.19. The number of fused-ring (bicyclic) bond motifs is 1. The van der Waals surface area contributed by atoms with Crippen LogP contribution in [0.5, 0.6) is 5.75 Å². The van der Waals surface area contributed by atoms with Crippen molar-refractivity contribution in [3.05, 3.63) is 87.1 Å². The molecule has 0 saturated heterocycles. The number of ether oxygens (including phenoxy) is 1. The summed E-state index contributed by atoms with van der Waals surface area (Å²) in [5.74, 6) is -0.522. The molecule has 11 nitrogen and oxygen atoms in total. The number of carbonyl (C=O) groups is 1. The summed E-state index contributed by atoms with van der Waals surface area (Å²) in [7, 11) is 1.44. The Bertz CT molecular complexity index is 1430. The maximum absolute atomic E-state index is 12.7. The third-order valence-electron chi connectivity index (χ3n) is 5.47. The molecule has 2 atom stereocenters. The van der Waals surface area contributed by atoms with Crippen molar-refractivity contribution in [3.63, 3.8) is 0 Å². The maximum atomic E-state index is 12.7. The number of hydrogen-bond donors (Lipinski definition) is 4. The average molecular weight is 479 g/mol. The van der Waals surface area contributed by atoms with Crippen LogP contribution in [0.2, 0.25) is 0 Å². The quantitative estimate of drug-likeness (QED) is 0.263. The molecule has 0 saturated carbocycles. The van der Waals surface area contributed by atoms with Crippen molar-refractivity contribution >= 4 is 23.1 Å². The zero-order valence-electron chi connectivity index (χ0n) is 18.9. The number of carboxylic acid groups (broad SMARTS) is 1. The molecule has 2 aromatic heterocycles. The fourth-order valence-electron chi connectivity index (χ4n) is 3.70. The van der Waals surface area contributed by atoms with Gasteiger partial charge in [0.15, 0.2) is 11.2 Å². The van der Waals surface area contributed by atoms with Crippen LogP contribution in [0, 0.1) is 0 Å². The number of aliphatic hydroxyl groups excluding tert-OH is 1. The zero-order valence-corrected chi connectivity index (χ0v) is 18.9. The van der Waals surface area contributed by atoms with Gasteiger partial charge in [0.1, 0.15) is 24.5 Å². The summed E-state index contributed by atoms with van der Waals surface area (Å²) in [6, 6.07) is 16.9. The molecule has 0 aliphatic heterocycles. The van der Waals surface area contributed by atoms with Crippen LogP contribution in [0.1, 0.15) is 5.56 Å². The first-order valence-corrected chi connectivity index (χ1v) is 10.9.